The molecule has 3 aliphatic rings. The van der Waals surface area contributed by atoms with Crippen LogP contribution in [0.5, 0.6) is 5.75 Å². The zero-order valence-corrected chi connectivity index (χ0v) is 24.1. The highest BCUT2D eigenvalue weighted by Gasteiger charge is 2.39. The average Bonchev–Trinajstić information content (AvgIpc) is 3.72. The van der Waals surface area contributed by atoms with Crippen LogP contribution in [0.2, 0.25) is 5.02 Å². The molecule has 0 amide bonds. The molecule has 4 aromatic heterocycles. The second-order valence-corrected chi connectivity index (χ2v) is 12.1. The number of methoxy groups -OCH3 is 1. The van der Waals surface area contributed by atoms with Crippen molar-refractivity contribution in [2.75, 3.05) is 25.2 Å². The Labute approximate surface area is 242 Å². The van der Waals surface area contributed by atoms with E-state index in [1.165, 1.54) is 25.7 Å². The molecule has 2 aliphatic carbocycles. The van der Waals surface area contributed by atoms with E-state index in [0.29, 0.717) is 40.2 Å². The molecule has 1 N–H and O–H groups in total. The summed E-state index contributed by atoms with van der Waals surface area (Å²) in [5, 5.41) is 4.43. The van der Waals surface area contributed by atoms with Gasteiger partial charge in [0.15, 0.2) is 11.4 Å². The molecule has 41 heavy (non-hydrogen) atoms. The fourth-order valence-electron chi connectivity index (χ4n) is 6.93. The van der Waals surface area contributed by atoms with Crippen LogP contribution in [0.3, 0.4) is 0 Å². The standard InChI is InChI=1S/C29H34ClN7O4/c1-16-6-8-17(9-7-16)15-37-25-22(18-12-19(30)14-31-13-18)32-24(27-34-29(38)41-35-27)26(39-2)23(25)33-28(37)36-10-11-40-21-5-3-4-20(21)36/h12-14,16-17,20-21H,3-11,15H2,1-2H3,(H,34,35,38)/t16?,17?,20-,21-/m0/s1. The molecule has 2 atom stereocenters. The summed E-state index contributed by atoms with van der Waals surface area (Å²) < 4.78 is 19.3. The van der Waals surface area contributed by atoms with Crippen molar-refractivity contribution in [3.8, 4) is 28.5 Å². The first-order valence-electron chi connectivity index (χ1n) is 14.5. The molecule has 5 heterocycles. The SMILES string of the molecule is COc1c(-c2noc(=O)[nH]2)nc(-c2cncc(Cl)c2)c2c1nc(N1CCO[C@H]3CCC[C@@H]31)n2CC1CCC(C)CC1. The maximum atomic E-state index is 11.9. The third kappa shape index (κ3) is 4.78. The summed E-state index contributed by atoms with van der Waals surface area (Å²) in [6.07, 6.45) is 11.6. The van der Waals surface area contributed by atoms with Gasteiger partial charge in [-0.3, -0.25) is 14.5 Å². The number of aromatic nitrogens is 6. The van der Waals surface area contributed by atoms with Crippen molar-refractivity contribution >= 4 is 28.6 Å². The molecule has 11 nitrogen and oxygen atoms in total. The van der Waals surface area contributed by atoms with E-state index >= 15 is 0 Å². The molecule has 0 aromatic carbocycles. The fraction of sp³-hybridized carbons (Fsp3) is 0.552. The summed E-state index contributed by atoms with van der Waals surface area (Å²) >= 11 is 6.43. The molecule has 7 rings (SSSR count). The Bertz CT molecular complexity index is 1620. The second-order valence-electron chi connectivity index (χ2n) is 11.6. The number of nitrogens with zero attached hydrogens (tertiary/aromatic N) is 6. The Morgan fingerprint density at radius 3 is 2.73 bits per heavy atom. The molecule has 2 saturated carbocycles. The summed E-state index contributed by atoms with van der Waals surface area (Å²) in [7, 11) is 1.59. The molecular weight excluding hydrogens is 546 g/mol. The van der Waals surface area contributed by atoms with Crippen molar-refractivity contribution < 1.29 is 14.0 Å². The molecule has 4 aromatic rings. The minimum atomic E-state index is -0.673. The minimum absolute atomic E-state index is 0.171. The van der Waals surface area contributed by atoms with Gasteiger partial charge in [0.25, 0.3) is 0 Å². The zero-order chi connectivity index (χ0) is 28.1. The number of aromatic amines is 1. The molecule has 216 valence electrons. The highest BCUT2D eigenvalue weighted by Crippen LogP contribution is 2.43. The highest BCUT2D eigenvalue weighted by atomic mass is 35.5. The number of imidazole rings is 1. The molecule has 0 unspecified atom stereocenters. The van der Waals surface area contributed by atoms with Gasteiger partial charge in [0, 0.05) is 31.0 Å². The molecular formula is C29H34ClN7O4. The molecule has 3 fully saturated rings. The Balaban J connectivity index is 1.50. The zero-order valence-electron chi connectivity index (χ0n) is 23.3. The van der Waals surface area contributed by atoms with Crippen LogP contribution < -0.4 is 15.4 Å². The minimum Gasteiger partial charge on any atom is -0.492 e. The molecule has 0 radical (unpaired) electrons. The maximum absolute atomic E-state index is 11.9. The highest BCUT2D eigenvalue weighted by molar-refractivity contribution is 6.30. The number of ether oxygens (including phenoxy) is 2. The summed E-state index contributed by atoms with van der Waals surface area (Å²) in [4.78, 5) is 31.7. The van der Waals surface area contributed by atoms with Crippen LogP contribution in [0, 0.1) is 11.8 Å². The lowest BCUT2D eigenvalue weighted by Gasteiger charge is -2.39. The van der Waals surface area contributed by atoms with E-state index in [0.717, 1.165) is 55.3 Å². The third-order valence-electron chi connectivity index (χ3n) is 8.99. The van der Waals surface area contributed by atoms with Crippen LogP contribution in [-0.2, 0) is 11.3 Å². The van der Waals surface area contributed by atoms with Gasteiger partial charge in [0.2, 0.25) is 11.8 Å². The van der Waals surface area contributed by atoms with Crippen LogP contribution in [0.1, 0.15) is 51.9 Å². The van der Waals surface area contributed by atoms with Gasteiger partial charge >= 0.3 is 5.76 Å². The van der Waals surface area contributed by atoms with Gasteiger partial charge in [0.05, 0.1) is 36.6 Å². The van der Waals surface area contributed by atoms with Gasteiger partial charge in [-0.05, 0) is 50.0 Å². The largest absolute Gasteiger partial charge is 0.492 e. The van der Waals surface area contributed by atoms with Crippen molar-refractivity contribution in [3.63, 3.8) is 0 Å². The summed E-state index contributed by atoms with van der Waals surface area (Å²) in [5.41, 5.74) is 3.23. The lowest BCUT2D eigenvalue weighted by molar-refractivity contribution is 0.0247. The quantitative estimate of drug-likeness (QED) is 0.333. The van der Waals surface area contributed by atoms with E-state index in [1.54, 1.807) is 19.5 Å². The summed E-state index contributed by atoms with van der Waals surface area (Å²) in [5.74, 6) is 2.10. The molecule has 0 spiro atoms. The Kier molecular flexibility index (Phi) is 6.94. The van der Waals surface area contributed by atoms with Crippen LogP contribution >= 0.6 is 11.6 Å². The number of rotatable bonds is 6. The maximum Gasteiger partial charge on any atom is 0.439 e. The number of pyridine rings is 2. The van der Waals surface area contributed by atoms with Gasteiger partial charge in [0.1, 0.15) is 11.0 Å². The molecule has 0 bridgehead atoms. The number of hydrogen-bond acceptors (Lipinski definition) is 9. The number of H-pyrrole nitrogens is 1. The monoisotopic (exact) mass is 579 g/mol. The van der Waals surface area contributed by atoms with Gasteiger partial charge in [-0.25, -0.2) is 14.8 Å². The smallest absolute Gasteiger partial charge is 0.439 e. The van der Waals surface area contributed by atoms with Crippen molar-refractivity contribution in [1.82, 2.24) is 29.7 Å². The van der Waals surface area contributed by atoms with Gasteiger partial charge < -0.3 is 18.9 Å². The number of halogens is 1. The second kappa shape index (κ2) is 10.8. The Morgan fingerprint density at radius 2 is 1.98 bits per heavy atom. The number of fused-ring (bicyclic) bond motifs is 2. The topological polar surface area (TPSA) is 124 Å². The first-order valence-corrected chi connectivity index (χ1v) is 14.9. The Morgan fingerprint density at radius 1 is 1.12 bits per heavy atom. The predicted molar refractivity (Wildman–Crippen MR) is 154 cm³/mol. The van der Waals surface area contributed by atoms with E-state index in [1.807, 2.05) is 6.07 Å². The lowest BCUT2D eigenvalue weighted by atomic mass is 9.83. The Hall–Kier alpha value is -3.44. The lowest BCUT2D eigenvalue weighted by Crippen LogP contribution is -2.49. The first-order chi connectivity index (χ1) is 20.0. The van der Waals surface area contributed by atoms with Crippen molar-refractivity contribution in [2.24, 2.45) is 11.8 Å². The van der Waals surface area contributed by atoms with E-state index < -0.39 is 5.76 Å². The van der Waals surface area contributed by atoms with E-state index in [2.05, 4.69) is 31.5 Å². The van der Waals surface area contributed by atoms with Gasteiger partial charge in [-0.2, -0.15) is 0 Å². The van der Waals surface area contributed by atoms with Crippen molar-refractivity contribution in [1.29, 1.82) is 0 Å². The van der Waals surface area contributed by atoms with E-state index in [4.69, 9.17) is 35.6 Å². The predicted octanol–water partition coefficient (Wildman–Crippen LogP) is 5.08. The summed E-state index contributed by atoms with van der Waals surface area (Å²) in [6, 6.07) is 2.12. The van der Waals surface area contributed by atoms with Crippen molar-refractivity contribution in [2.45, 2.75) is 70.6 Å². The molecule has 1 saturated heterocycles. The van der Waals surface area contributed by atoms with Crippen LogP contribution in [0.25, 0.3) is 33.8 Å². The average molecular weight is 580 g/mol. The number of anilines is 1. The number of morpholine rings is 1. The van der Waals surface area contributed by atoms with Crippen LogP contribution in [-0.4, -0.2) is 62.1 Å². The van der Waals surface area contributed by atoms with Crippen LogP contribution in [0.4, 0.5) is 5.95 Å². The van der Waals surface area contributed by atoms with Crippen LogP contribution in [0.15, 0.2) is 27.8 Å². The first kappa shape index (κ1) is 26.5. The van der Waals surface area contributed by atoms with E-state index in [-0.39, 0.29) is 18.0 Å². The number of nitrogens with one attached hydrogen (secondary N) is 1. The molecule has 1 aliphatic heterocycles. The normalized spacial score (nSPS) is 24.6. The van der Waals surface area contributed by atoms with Gasteiger partial charge in [-0.1, -0.05) is 36.5 Å². The van der Waals surface area contributed by atoms with Gasteiger partial charge in [-0.15, -0.1) is 0 Å². The van der Waals surface area contributed by atoms with E-state index in [9.17, 15) is 4.79 Å². The fourth-order valence-corrected chi connectivity index (χ4v) is 7.11. The third-order valence-corrected chi connectivity index (χ3v) is 9.19. The summed E-state index contributed by atoms with van der Waals surface area (Å²) in [6.45, 7) is 4.59. The molecule has 12 heteroatoms. The number of hydrogen-bond donors (Lipinski definition) is 1. The van der Waals surface area contributed by atoms with Crippen molar-refractivity contribution in [3.05, 3.63) is 34.0 Å².